The Kier molecular flexibility index (Phi) is 0.557. The zero-order valence-electron chi connectivity index (χ0n) is 9.81. The first-order valence-electron chi connectivity index (χ1n) is 4.84. The molecule has 0 radical (unpaired) electrons. The Morgan fingerprint density at radius 1 is 1.43 bits per heavy atom. The van der Waals surface area contributed by atoms with E-state index in [1.807, 2.05) is 0 Å². The molecule has 0 aromatic carbocycles. The largest absolute Gasteiger partial charge is 0.396 e. The van der Waals surface area contributed by atoms with Crippen LogP contribution < -0.4 is 0 Å². The molecule has 0 aromatic rings. The molecule has 0 saturated heterocycles. The highest BCUT2D eigenvalue weighted by atomic mass is 16.3. The first-order chi connectivity index (χ1) is 5.62. The maximum absolute atomic E-state index is 8.77. The third-order valence-electron chi connectivity index (χ3n) is 0.540. The van der Waals surface area contributed by atoms with Crippen LogP contribution in [0.1, 0.15) is 21.9 Å². The lowest BCUT2D eigenvalue weighted by atomic mass is 9.97. The van der Waals surface area contributed by atoms with Crippen molar-refractivity contribution in [2.45, 2.75) is 13.7 Å². The van der Waals surface area contributed by atoms with Crippen LogP contribution in [0.3, 0.4) is 0 Å². The Morgan fingerprint density at radius 2 is 1.86 bits per heavy atom. The molecule has 0 spiro atoms. The monoisotopic (exact) mass is 110 g/mol. The second-order valence-corrected chi connectivity index (χ2v) is 1.40. The van der Waals surface area contributed by atoms with Gasteiger partial charge in [0.2, 0.25) is 0 Å². The van der Waals surface area contributed by atoms with Gasteiger partial charge in [0, 0.05) is 13.6 Å². The zero-order chi connectivity index (χ0) is 10.9. The molecule has 2 N–H and O–H groups in total. The van der Waals surface area contributed by atoms with E-state index in [4.69, 9.17) is 18.4 Å². The highest BCUT2D eigenvalue weighted by Crippen LogP contribution is 2.10. The van der Waals surface area contributed by atoms with Crippen molar-refractivity contribution in [2.24, 2.45) is 5.41 Å². The van der Waals surface area contributed by atoms with Crippen LogP contribution in [-0.2, 0) is 0 Å². The average Bonchev–Trinajstić information content (AvgIpc) is 1.84. The molecule has 0 aromatic heterocycles. The van der Waals surface area contributed by atoms with E-state index in [1.54, 1.807) is 0 Å². The van der Waals surface area contributed by atoms with Crippen LogP contribution in [-0.4, -0.2) is 23.4 Å². The van der Waals surface area contributed by atoms with E-state index in [-0.39, 0.29) is 0 Å². The van der Waals surface area contributed by atoms with E-state index in [0.717, 1.165) is 0 Å². The molecule has 0 rings (SSSR count). The average molecular weight is 110 g/mol. The molecule has 0 aliphatic carbocycles. The van der Waals surface area contributed by atoms with Gasteiger partial charge in [-0.15, -0.1) is 0 Å². The van der Waals surface area contributed by atoms with E-state index in [1.165, 1.54) is 0 Å². The highest BCUT2D eigenvalue weighted by Gasteiger charge is 2.13. The van der Waals surface area contributed by atoms with Gasteiger partial charge >= 0.3 is 0 Å². The summed E-state index contributed by atoms with van der Waals surface area (Å²) in [6, 6.07) is 0. The number of aliphatic hydroxyl groups excluding tert-OH is 2. The smallest absolute Gasteiger partial charge is 0.0504 e. The van der Waals surface area contributed by atoms with Gasteiger partial charge in [-0.2, -0.15) is 0 Å². The van der Waals surface area contributed by atoms with Crippen molar-refractivity contribution in [1.29, 1.82) is 0 Å². The molecule has 44 valence electrons. The molecule has 0 heterocycles. The second-order valence-electron chi connectivity index (χ2n) is 1.40. The SMILES string of the molecule is [2H]C([2H])([2H])C(CO)(CO)C([2H])([2H])[2H]. The van der Waals surface area contributed by atoms with Gasteiger partial charge in [0.05, 0.1) is 13.2 Å². The van der Waals surface area contributed by atoms with Gasteiger partial charge in [-0.3, -0.25) is 0 Å². The van der Waals surface area contributed by atoms with Crippen LogP contribution in [0.15, 0.2) is 0 Å². The standard InChI is InChI=1S/C5H12O2/c1-5(2,3-6)4-7/h6-7H,3-4H2,1-2H3/i1D3,2D3. The first-order valence-corrected chi connectivity index (χ1v) is 1.84. The molecule has 0 unspecified atom stereocenters. The van der Waals surface area contributed by atoms with Gasteiger partial charge in [0.25, 0.3) is 0 Å². The Morgan fingerprint density at radius 3 is 1.86 bits per heavy atom. The summed E-state index contributed by atoms with van der Waals surface area (Å²) in [6.07, 6.45) is 0. The molecular weight excluding hydrogens is 92.1 g/mol. The molecule has 0 atom stereocenters. The maximum Gasteiger partial charge on any atom is 0.0504 e. The van der Waals surface area contributed by atoms with Gasteiger partial charge in [-0.25, -0.2) is 0 Å². The van der Waals surface area contributed by atoms with Gasteiger partial charge in [0.1, 0.15) is 0 Å². The van der Waals surface area contributed by atoms with Gasteiger partial charge in [-0.05, 0) is 0 Å². The lowest BCUT2D eigenvalue weighted by Gasteiger charge is -2.16. The summed E-state index contributed by atoms with van der Waals surface area (Å²) in [5.74, 6) is 0. The van der Waals surface area contributed by atoms with Crippen molar-refractivity contribution in [1.82, 2.24) is 0 Å². The van der Waals surface area contributed by atoms with Crippen LogP contribution in [0.2, 0.25) is 0 Å². The van der Waals surface area contributed by atoms with Crippen LogP contribution >= 0.6 is 0 Å². The Hall–Kier alpha value is -0.0800. The van der Waals surface area contributed by atoms with Gasteiger partial charge in [-0.1, -0.05) is 13.7 Å². The molecule has 0 amide bonds. The quantitative estimate of drug-likeness (QED) is 0.525. The van der Waals surface area contributed by atoms with E-state index < -0.39 is 32.3 Å². The van der Waals surface area contributed by atoms with Gasteiger partial charge in [0.15, 0.2) is 0 Å². The summed E-state index contributed by atoms with van der Waals surface area (Å²) in [5, 5.41) is 17.5. The molecule has 7 heavy (non-hydrogen) atoms. The summed E-state index contributed by atoms with van der Waals surface area (Å²) < 4.78 is 41.7. The van der Waals surface area contributed by atoms with Crippen molar-refractivity contribution < 1.29 is 18.4 Å². The minimum absolute atomic E-state index is 1.10. The molecule has 0 aliphatic rings. The summed E-state index contributed by atoms with van der Waals surface area (Å²) in [4.78, 5) is 0. The summed E-state index contributed by atoms with van der Waals surface area (Å²) in [7, 11) is 0. The fourth-order valence-electron chi connectivity index (χ4n) is 0.0500. The van der Waals surface area contributed by atoms with Crippen LogP contribution in [0.25, 0.3) is 0 Å². The zero-order valence-corrected chi connectivity index (χ0v) is 3.81. The number of aliphatic hydroxyl groups is 2. The molecule has 2 heteroatoms. The summed E-state index contributed by atoms with van der Waals surface area (Å²) >= 11 is 0. The predicted octanol–water partition coefficient (Wildman–Crippen LogP) is -0.00280. The van der Waals surface area contributed by atoms with Crippen molar-refractivity contribution in [3.63, 3.8) is 0 Å². The summed E-state index contributed by atoms with van der Waals surface area (Å²) in [5.41, 5.74) is -2.43. The molecule has 0 saturated carbocycles. The van der Waals surface area contributed by atoms with Crippen molar-refractivity contribution in [2.75, 3.05) is 13.2 Å². The van der Waals surface area contributed by atoms with Crippen LogP contribution in [0, 0.1) is 5.41 Å². The third-order valence-corrected chi connectivity index (χ3v) is 0.540. The molecule has 0 fully saturated rings. The lowest BCUT2D eigenvalue weighted by Crippen LogP contribution is -2.20. The fourth-order valence-corrected chi connectivity index (χ4v) is 0.0500. The molecule has 0 bridgehead atoms. The number of hydrogen-bond acceptors (Lipinski definition) is 2. The second kappa shape index (κ2) is 2.28. The molecular formula is C5H12O2. The number of hydrogen-bond donors (Lipinski definition) is 2. The van der Waals surface area contributed by atoms with E-state index in [9.17, 15) is 0 Å². The maximum atomic E-state index is 8.77. The summed E-state index contributed by atoms with van der Waals surface area (Å²) in [6.45, 7) is -8.03. The molecule has 0 aliphatic heterocycles. The van der Waals surface area contributed by atoms with E-state index >= 15 is 0 Å². The van der Waals surface area contributed by atoms with Crippen LogP contribution in [0.5, 0.6) is 0 Å². The Labute approximate surface area is 52.2 Å². The van der Waals surface area contributed by atoms with Crippen LogP contribution in [0.4, 0.5) is 0 Å². The Balaban J connectivity index is 5.17. The van der Waals surface area contributed by atoms with Crippen molar-refractivity contribution >= 4 is 0 Å². The minimum Gasteiger partial charge on any atom is -0.396 e. The first kappa shape index (κ1) is 1.71. The minimum atomic E-state index is -2.91. The fraction of sp³-hybridized carbons (Fsp3) is 1.00. The highest BCUT2D eigenvalue weighted by molar-refractivity contribution is 4.62. The molecule has 2 nitrogen and oxygen atoms in total. The van der Waals surface area contributed by atoms with Crippen molar-refractivity contribution in [3.8, 4) is 0 Å². The normalized spacial score (nSPS) is 28.3. The van der Waals surface area contributed by atoms with E-state index in [0.29, 0.717) is 0 Å². The Bertz CT molecular complexity index is 151. The number of rotatable bonds is 2. The van der Waals surface area contributed by atoms with Gasteiger partial charge < -0.3 is 10.2 Å². The predicted molar refractivity (Wildman–Crippen MR) is 28.0 cm³/mol. The van der Waals surface area contributed by atoms with Crippen molar-refractivity contribution in [3.05, 3.63) is 0 Å². The lowest BCUT2D eigenvalue weighted by molar-refractivity contribution is 0.0857. The van der Waals surface area contributed by atoms with E-state index in [2.05, 4.69) is 0 Å². The topological polar surface area (TPSA) is 40.5 Å². The third kappa shape index (κ3) is 2.60.